The van der Waals surface area contributed by atoms with Gasteiger partial charge in [-0.05, 0) is 37.1 Å². The van der Waals surface area contributed by atoms with Crippen LogP contribution in [-0.4, -0.2) is 30.3 Å². The molecule has 3 aromatic rings. The molecule has 1 aliphatic rings. The number of sulfonamides is 1. The van der Waals surface area contributed by atoms with Gasteiger partial charge >= 0.3 is 0 Å². The molecule has 162 valence electrons. The lowest BCUT2D eigenvalue weighted by atomic mass is 9.95. The Balaban J connectivity index is 1.61. The third kappa shape index (κ3) is 4.53. The number of carbonyl (C=O) groups excluding carboxylic acids is 1. The third-order valence-electron chi connectivity index (χ3n) is 5.46. The minimum Gasteiger partial charge on any atom is -0.382 e. The van der Waals surface area contributed by atoms with Crippen LogP contribution in [0, 0.1) is 10.1 Å². The molecule has 0 radical (unpaired) electrons. The number of H-pyrrole nitrogens is 1. The van der Waals surface area contributed by atoms with Crippen LogP contribution in [-0.2, 0) is 10.0 Å². The highest BCUT2D eigenvalue weighted by atomic mass is 32.2. The van der Waals surface area contributed by atoms with E-state index in [-0.39, 0.29) is 16.1 Å². The Kier molecular flexibility index (Phi) is 5.64. The van der Waals surface area contributed by atoms with E-state index >= 15 is 0 Å². The Hall–Kier alpha value is -3.40. The van der Waals surface area contributed by atoms with E-state index in [1.165, 1.54) is 24.6 Å². The Bertz CT molecular complexity index is 1250. The van der Waals surface area contributed by atoms with Gasteiger partial charge in [0.15, 0.2) is 0 Å². The maximum absolute atomic E-state index is 12.8. The predicted molar refractivity (Wildman–Crippen MR) is 117 cm³/mol. The quantitative estimate of drug-likeness (QED) is 0.391. The summed E-state index contributed by atoms with van der Waals surface area (Å²) < 4.78 is 27.3. The summed E-state index contributed by atoms with van der Waals surface area (Å²) in [5, 5.41) is 15.4. The van der Waals surface area contributed by atoms with E-state index in [1.54, 1.807) is 18.3 Å². The van der Waals surface area contributed by atoms with Gasteiger partial charge in [-0.1, -0.05) is 25.3 Å². The second-order valence-corrected chi connectivity index (χ2v) is 9.31. The molecule has 0 bridgehead atoms. The zero-order chi connectivity index (χ0) is 22.0. The van der Waals surface area contributed by atoms with Crippen LogP contribution >= 0.6 is 0 Å². The summed E-state index contributed by atoms with van der Waals surface area (Å²) in [6.45, 7) is 0. The lowest BCUT2D eigenvalue weighted by Gasteiger charge is -2.24. The summed E-state index contributed by atoms with van der Waals surface area (Å²) in [5.74, 6) is -0.810. The van der Waals surface area contributed by atoms with Crippen LogP contribution < -0.4 is 10.0 Å². The van der Waals surface area contributed by atoms with Crippen LogP contribution in [0.2, 0.25) is 0 Å². The zero-order valence-electron chi connectivity index (χ0n) is 16.6. The van der Waals surface area contributed by atoms with Crippen molar-refractivity contribution in [1.29, 1.82) is 0 Å². The number of hydrogen-bond acceptors (Lipinski definition) is 6. The number of amides is 1. The summed E-state index contributed by atoms with van der Waals surface area (Å²) in [5.41, 5.74) is 1.27. The highest BCUT2D eigenvalue weighted by molar-refractivity contribution is 7.90. The number of fused-ring (bicyclic) bond motifs is 1. The van der Waals surface area contributed by atoms with Crippen LogP contribution in [0.25, 0.3) is 10.9 Å². The van der Waals surface area contributed by atoms with Gasteiger partial charge in [0.25, 0.3) is 21.6 Å². The monoisotopic (exact) mass is 442 g/mol. The molecule has 0 aliphatic heterocycles. The molecule has 0 unspecified atom stereocenters. The van der Waals surface area contributed by atoms with Gasteiger partial charge in [0.05, 0.1) is 9.82 Å². The molecule has 1 heterocycles. The zero-order valence-corrected chi connectivity index (χ0v) is 17.4. The molecular weight excluding hydrogens is 420 g/mol. The third-order valence-corrected chi connectivity index (χ3v) is 6.79. The van der Waals surface area contributed by atoms with Crippen molar-refractivity contribution >= 4 is 38.2 Å². The number of hydrogen-bond donors (Lipinski definition) is 3. The molecule has 1 aliphatic carbocycles. The van der Waals surface area contributed by atoms with E-state index in [4.69, 9.17) is 0 Å². The molecular formula is C21H22N4O5S. The fraction of sp³-hybridized carbons (Fsp3) is 0.286. The first-order chi connectivity index (χ1) is 14.8. The summed E-state index contributed by atoms with van der Waals surface area (Å²) in [6.07, 6.45) is 7.37. The average Bonchev–Trinajstić information content (AvgIpc) is 3.23. The number of non-ortho nitro benzene ring substituents is 1. The van der Waals surface area contributed by atoms with E-state index in [1.807, 2.05) is 10.8 Å². The number of anilines is 1. The molecule has 1 aromatic heterocycles. The van der Waals surface area contributed by atoms with Gasteiger partial charge in [-0.25, -0.2) is 13.1 Å². The summed E-state index contributed by atoms with van der Waals surface area (Å²) in [4.78, 5) is 25.8. The van der Waals surface area contributed by atoms with Crippen molar-refractivity contribution in [2.75, 3.05) is 5.32 Å². The first kappa shape index (κ1) is 20.9. The number of carbonyl (C=O) groups is 1. The average molecular weight is 442 g/mol. The van der Waals surface area contributed by atoms with Gasteiger partial charge in [0.2, 0.25) is 0 Å². The van der Waals surface area contributed by atoms with Crippen molar-refractivity contribution in [2.24, 2.45) is 0 Å². The number of nitrogens with zero attached hydrogens (tertiary/aromatic N) is 1. The van der Waals surface area contributed by atoms with Crippen LogP contribution in [0.15, 0.2) is 53.6 Å². The van der Waals surface area contributed by atoms with Crippen LogP contribution in [0.5, 0.6) is 0 Å². The topological polar surface area (TPSA) is 134 Å². The highest BCUT2D eigenvalue weighted by Crippen LogP contribution is 2.29. The van der Waals surface area contributed by atoms with Crippen molar-refractivity contribution in [3.8, 4) is 0 Å². The fourth-order valence-electron chi connectivity index (χ4n) is 3.89. The van der Waals surface area contributed by atoms with Crippen molar-refractivity contribution in [2.45, 2.75) is 43.0 Å². The molecule has 4 rings (SSSR count). The SMILES string of the molecule is O=C(NS(=O)(=O)c1cccc([N+](=O)[O-])c1)c1cc(NC2CCCCC2)c2cc[nH]c2c1. The van der Waals surface area contributed by atoms with Gasteiger partial charge in [0.1, 0.15) is 0 Å². The molecule has 1 fully saturated rings. The van der Waals surface area contributed by atoms with Crippen LogP contribution in [0.3, 0.4) is 0 Å². The molecule has 0 atom stereocenters. The molecule has 0 spiro atoms. The second-order valence-electron chi connectivity index (χ2n) is 7.63. The number of nitrogens with one attached hydrogen (secondary N) is 3. The van der Waals surface area contributed by atoms with E-state index in [9.17, 15) is 23.3 Å². The fourth-order valence-corrected chi connectivity index (χ4v) is 4.90. The largest absolute Gasteiger partial charge is 0.382 e. The van der Waals surface area contributed by atoms with Crippen molar-refractivity contribution in [3.05, 3.63) is 64.3 Å². The molecule has 2 aromatic carbocycles. The molecule has 9 nitrogen and oxygen atoms in total. The number of aromatic amines is 1. The van der Waals surface area contributed by atoms with Crippen LogP contribution in [0.1, 0.15) is 42.5 Å². The second kappa shape index (κ2) is 8.38. The molecule has 0 saturated heterocycles. The van der Waals surface area contributed by atoms with E-state index in [2.05, 4.69) is 10.3 Å². The molecule has 3 N–H and O–H groups in total. The van der Waals surface area contributed by atoms with E-state index in [0.29, 0.717) is 11.6 Å². The van der Waals surface area contributed by atoms with Crippen molar-refractivity contribution in [3.63, 3.8) is 0 Å². The summed E-state index contributed by atoms with van der Waals surface area (Å²) in [6, 6.07) is 9.99. The number of aromatic nitrogens is 1. The lowest BCUT2D eigenvalue weighted by molar-refractivity contribution is -0.385. The molecule has 31 heavy (non-hydrogen) atoms. The normalized spacial score (nSPS) is 15.0. The Morgan fingerprint density at radius 1 is 1.10 bits per heavy atom. The van der Waals surface area contributed by atoms with Crippen molar-refractivity contribution < 1.29 is 18.1 Å². The number of nitro benzene ring substituents is 1. The minimum absolute atomic E-state index is 0.169. The predicted octanol–water partition coefficient (Wildman–Crippen LogP) is 3.94. The first-order valence-corrected chi connectivity index (χ1v) is 11.5. The number of rotatable bonds is 6. The first-order valence-electron chi connectivity index (χ1n) is 10.0. The standard InChI is InChI=1S/C21H22N4O5S/c26-21(24-31(29,30)17-8-4-7-16(13-17)25(27)28)14-11-19-18(9-10-22-19)20(12-14)23-15-5-2-1-3-6-15/h4,7-13,15,22-23H,1-3,5-6H2,(H,24,26). The van der Waals surface area contributed by atoms with E-state index in [0.717, 1.165) is 42.8 Å². The minimum atomic E-state index is -4.28. The van der Waals surface area contributed by atoms with Crippen molar-refractivity contribution in [1.82, 2.24) is 9.71 Å². The molecule has 1 saturated carbocycles. The Labute approximate surface area is 179 Å². The maximum Gasteiger partial charge on any atom is 0.270 e. The van der Waals surface area contributed by atoms with Gasteiger partial charge in [0, 0.05) is 46.5 Å². The maximum atomic E-state index is 12.8. The number of benzene rings is 2. The Morgan fingerprint density at radius 2 is 1.87 bits per heavy atom. The van der Waals surface area contributed by atoms with E-state index < -0.39 is 20.9 Å². The van der Waals surface area contributed by atoms with Gasteiger partial charge in [-0.2, -0.15) is 0 Å². The van der Waals surface area contributed by atoms with Gasteiger partial charge in [-0.15, -0.1) is 0 Å². The summed E-state index contributed by atoms with van der Waals surface area (Å²) >= 11 is 0. The number of nitro groups is 1. The van der Waals surface area contributed by atoms with Crippen LogP contribution in [0.4, 0.5) is 11.4 Å². The smallest absolute Gasteiger partial charge is 0.270 e. The van der Waals surface area contributed by atoms with Gasteiger partial charge in [-0.3, -0.25) is 14.9 Å². The lowest BCUT2D eigenvalue weighted by Crippen LogP contribution is -2.30. The van der Waals surface area contributed by atoms with Gasteiger partial charge < -0.3 is 10.3 Å². The summed E-state index contributed by atoms with van der Waals surface area (Å²) in [7, 11) is -4.28. The molecule has 10 heteroatoms. The highest BCUT2D eigenvalue weighted by Gasteiger charge is 2.23. The molecule has 1 amide bonds. The Morgan fingerprint density at radius 3 is 2.61 bits per heavy atom.